The average Bonchev–Trinajstić information content (AvgIpc) is 2.18. The van der Waals surface area contributed by atoms with E-state index in [0.29, 0.717) is 0 Å². The van der Waals surface area contributed by atoms with Crippen LogP contribution in [0.3, 0.4) is 0 Å². The van der Waals surface area contributed by atoms with Crippen LogP contribution in [0.2, 0.25) is 0 Å². The van der Waals surface area contributed by atoms with Gasteiger partial charge in [-0.25, -0.2) is 0 Å². The summed E-state index contributed by atoms with van der Waals surface area (Å²) in [4.78, 5) is 0. The molecule has 1 aromatic carbocycles. The van der Waals surface area contributed by atoms with Crippen molar-refractivity contribution < 1.29 is 0 Å². The molecule has 0 amide bonds. The first-order valence-electron chi connectivity index (χ1n) is 5.40. The van der Waals surface area contributed by atoms with Crippen LogP contribution in [-0.2, 0) is 6.42 Å². The minimum atomic E-state index is 0.746. The second-order valence-electron chi connectivity index (χ2n) is 3.81. The highest BCUT2D eigenvalue weighted by molar-refractivity contribution is 7.99. The van der Waals surface area contributed by atoms with Crippen molar-refractivity contribution >= 4 is 11.8 Å². The van der Waals surface area contributed by atoms with E-state index in [1.165, 1.54) is 29.7 Å². The minimum absolute atomic E-state index is 0.746. The molecule has 0 fully saturated rings. The van der Waals surface area contributed by atoms with Crippen molar-refractivity contribution in [2.24, 2.45) is 0 Å². The van der Waals surface area contributed by atoms with Gasteiger partial charge in [0.05, 0.1) is 0 Å². The van der Waals surface area contributed by atoms with Gasteiger partial charge in [-0.2, -0.15) is 11.8 Å². The normalized spacial score (nSPS) is 12.8. The fraction of sp³-hybridized carbons (Fsp3) is 0.538. The van der Waals surface area contributed by atoms with Crippen molar-refractivity contribution in [2.75, 3.05) is 5.75 Å². The summed E-state index contributed by atoms with van der Waals surface area (Å²) < 4.78 is 0. The van der Waals surface area contributed by atoms with Crippen molar-refractivity contribution in [3.63, 3.8) is 0 Å². The molecule has 1 rings (SSSR count). The lowest BCUT2D eigenvalue weighted by atomic mass is 10.0. The quantitative estimate of drug-likeness (QED) is 0.703. The molecule has 0 saturated carbocycles. The fourth-order valence-corrected chi connectivity index (χ4v) is 2.46. The second kappa shape index (κ2) is 6.13. The van der Waals surface area contributed by atoms with E-state index in [2.05, 4.69) is 56.8 Å². The van der Waals surface area contributed by atoms with Gasteiger partial charge in [-0.15, -0.1) is 0 Å². The van der Waals surface area contributed by atoms with Gasteiger partial charge in [0, 0.05) is 5.25 Å². The van der Waals surface area contributed by atoms with Gasteiger partial charge in [-0.3, -0.25) is 0 Å². The van der Waals surface area contributed by atoms with Crippen molar-refractivity contribution in [3.8, 4) is 0 Å². The lowest BCUT2D eigenvalue weighted by Gasteiger charge is -2.12. The van der Waals surface area contributed by atoms with Crippen molar-refractivity contribution in [1.82, 2.24) is 0 Å². The maximum atomic E-state index is 2.33. The Bertz CT molecular complexity index is 268. The van der Waals surface area contributed by atoms with Gasteiger partial charge in [0.25, 0.3) is 0 Å². The molecule has 0 radical (unpaired) electrons. The Morgan fingerprint density at radius 1 is 1.29 bits per heavy atom. The summed E-state index contributed by atoms with van der Waals surface area (Å²) in [6.45, 7) is 6.77. The Balaban J connectivity index is 2.47. The van der Waals surface area contributed by atoms with E-state index in [4.69, 9.17) is 0 Å². The third-order valence-corrected chi connectivity index (χ3v) is 3.75. The molecule has 0 N–H and O–H groups in total. The van der Waals surface area contributed by atoms with Gasteiger partial charge in [-0.05, 0) is 36.6 Å². The molecule has 0 heterocycles. The predicted octanol–water partition coefficient (Wildman–Crippen LogP) is 4.07. The van der Waals surface area contributed by atoms with E-state index in [-0.39, 0.29) is 0 Å². The lowest BCUT2D eigenvalue weighted by molar-refractivity contribution is 0.928. The number of rotatable bonds is 5. The van der Waals surface area contributed by atoms with Crippen LogP contribution in [-0.4, -0.2) is 11.0 Å². The Hall–Kier alpha value is -0.430. The van der Waals surface area contributed by atoms with Crippen LogP contribution < -0.4 is 0 Å². The molecule has 1 heteroatoms. The molecular formula is C13H20S. The molecular weight excluding hydrogens is 188 g/mol. The molecule has 1 atom stereocenters. The number of aryl methyl sites for hydroxylation is 1. The molecule has 0 bridgehead atoms. The van der Waals surface area contributed by atoms with Crippen LogP contribution >= 0.6 is 11.8 Å². The van der Waals surface area contributed by atoms with Gasteiger partial charge >= 0.3 is 0 Å². The molecule has 0 nitrogen and oxygen atoms in total. The monoisotopic (exact) mass is 208 g/mol. The third-order valence-electron chi connectivity index (χ3n) is 2.38. The molecule has 0 aliphatic heterocycles. The predicted molar refractivity (Wildman–Crippen MR) is 67.1 cm³/mol. The summed E-state index contributed by atoms with van der Waals surface area (Å²) >= 11 is 2.08. The van der Waals surface area contributed by atoms with Crippen molar-refractivity contribution in [1.29, 1.82) is 0 Å². The number of thioether (sulfide) groups is 1. The molecule has 0 aliphatic carbocycles. The zero-order valence-corrected chi connectivity index (χ0v) is 10.2. The average molecular weight is 208 g/mol. The second-order valence-corrected chi connectivity index (χ2v) is 5.36. The molecule has 78 valence electrons. The Morgan fingerprint density at radius 2 is 2.00 bits per heavy atom. The summed E-state index contributed by atoms with van der Waals surface area (Å²) in [7, 11) is 0. The lowest BCUT2D eigenvalue weighted by Crippen LogP contribution is -2.03. The van der Waals surface area contributed by atoms with Gasteiger partial charge in [0.15, 0.2) is 0 Å². The highest BCUT2D eigenvalue weighted by Crippen LogP contribution is 2.18. The van der Waals surface area contributed by atoms with Crippen LogP contribution in [0.5, 0.6) is 0 Å². The van der Waals surface area contributed by atoms with E-state index < -0.39 is 0 Å². The molecule has 0 aliphatic rings. The minimum Gasteiger partial charge on any atom is -0.159 e. The molecule has 0 aromatic heterocycles. The summed E-state index contributed by atoms with van der Waals surface area (Å²) in [5.41, 5.74) is 2.93. The summed E-state index contributed by atoms with van der Waals surface area (Å²) in [5, 5.41) is 0.746. The smallest absolute Gasteiger partial charge is 0.00592 e. The maximum Gasteiger partial charge on any atom is 0.00592 e. The molecule has 1 aromatic rings. The Morgan fingerprint density at radius 3 is 2.64 bits per heavy atom. The van der Waals surface area contributed by atoms with Gasteiger partial charge < -0.3 is 0 Å². The first kappa shape index (κ1) is 11.6. The number of benzene rings is 1. The highest BCUT2D eigenvalue weighted by atomic mass is 32.2. The standard InChI is InChI=1S/C13H20S/c1-4-9-14-12(3)10-13-8-6-5-7-11(13)2/h5-8,12H,4,9-10H2,1-3H3. The van der Waals surface area contributed by atoms with Crippen LogP contribution in [0.25, 0.3) is 0 Å². The summed E-state index contributed by atoms with van der Waals surface area (Å²) in [5.74, 6) is 1.28. The first-order valence-corrected chi connectivity index (χ1v) is 6.45. The van der Waals surface area contributed by atoms with Crippen LogP contribution in [0.1, 0.15) is 31.4 Å². The fourth-order valence-electron chi connectivity index (χ4n) is 1.53. The Labute approximate surface area is 92.1 Å². The Kier molecular flexibility index (Phi) is 5.10. The largest absolute Gasteiger partial charge is 0.159 e. The van der Waals surface area contributed by atoms with Crippen LogP contribution in [0, 0.1) is 6.92 Å². The number of hydrogen-bond acceptors (Lipinski definition) is 1. The van der Waals surface area contributed by atoms with E-state index in [1.54, 1.807) is 0 Å². The topological polar surface area (TPSA) is 0 Å². The first-order chi connectivity index (χ1) is 6.74. The van der Waals surface area contributed by atoms with Gasteiger partial charge in [-0.1, -0.05) is 38.1 Å². The molecule has 1 unspecified atom stereocenters. The van der Waals surface area contributed by atoms with Crippen LogP contribution in [0.15, 0.2) is 24.3 Å². The maximum absolute atomic E-state index is 2.33. The number of hydrogen-bond donors (Lipinski definition) is 0. The van der Waals surface area contributed by atoms with E-state index in [0.717, 1.165) is 5.25 Å². The van der Waals surface area contributed by atoms with E-state index in [1.807, 2.05) is 0 Å². The van der Waals surface area contributed by atoms with Gasteiger partial charge in [0.1, 0.15) is 0 Å². The van der Waals surface area contributed by atoms with Gasteiger partial charge in [0.2, 0.25) is 0 Å². The van der Waals surface area contributed by atoms with Crippen molar-refractivity contribution in [2.45, 2.75) is 38.9 Å². The molecule has 0 saturated heterocycles. The molecule has 0 spiro atoms. The van der Waals surface area contributed by atoms with E-state index >= 15 is 0 Å². The molecule has 14 heavy (non-hydrogen) atoms. The summed E-state index contributed by atoms with van der Waals surface area (Å²) in [6.07, 6.45) is 2.49. The zero-order chi connectivity index (χ0) is 10.4. The zero-order valence-electron chi connectivity index (χ0n) is 9.42. The van der Waals surface area contributed by atoms with Crippen LogP contribution in [0.4, 0.5) is 0 Å². The third kappa shape index (κ3) is 3.75. The van der Waals surface area contributed by atoms with Crippen molar-refractivity contribution in [3.05, 3.63) is 35.4 Å². The SMILES string of the molecule is CCCSC(C)Cc1ccccc1C. The van der Waals surface area contributed by atoms with E-state index in [9.17, 15) is 0 Å². The highest BCUT2D eigenvalue weighted by Gasteiger charge is 2.04. The summed E-state index contributed by atoms with van der Waals surface area (Å²) in [6, 6.07) is 8.70.